The highest BCUT2D eigenvalue weighted by Gasteiger charge is 2.27. The summed E-state index contributed by atoms with van der Waals surface area (Å²) < 4.78 is 0. The van der Waals surface area contributed by atoms with Crippen LogP contribution in [0, 0.1) is 0 Å². The molecule has 0 spiro atoms. The molecule has 1 aliphatic rings. The fraction of sp³-hybridized carbons (Fsp3) is 0.296. The van der Waals surface area contributed by atoms with Crippen molar-refractivity contribution in [2.75, 3.05) is 43.4 Å². The van der Waals surface area contributed by atoms with Crippen LogP contribution in [0.2, 0.25) is 0 Å². The summed E-state index contributed by atoms with van der Waals surface area (Å²) in [6.07, 6.45) is 0.913. The molecule has 1 amide bonds. The van der Waals surface area contributed by atoms with Crippen LogP contribution in [0.5, 0.6) is 0 Å². The summed E-state index contributed by atoms with van der Waals surface area (Å²) in [6.45, 7) is 6.37. The molecule has 1 saturated heterocycles. The van der Waals surface area contributed by atoms with E-state index in [1.54, 1.807) is 6.07 Å². The number of anilines is 2. The summed E-state index contributed by atoms with van der Waals surface area (Å²) in [7, 11) is 0. The van der Waals surface area contributed by atoms with Crippen LogP contribution in [0.15, 0.2) is 78.9 Å². The molecule has 166 valence electrons. The average molecular weight is 429 g/mol. The van der Waals surface area contributed by atoms with E-state index in [0.717, 1.165) is 38.3 Å². The Morgan fingerprint density at radius 2 is 1.50 bits per heavy atom. The van der Waals surface area contributed by atoms with Gasteiger partial charge in [0.2, 0.25) is 0 Å². The van der Waals surface area contributed by atoms with Crippen molar-refractivity contribution >= 4 is 17.3 Å². The zero-order valence-electron chi connectivity index (χ0n) is 18.7. The van der Waals surface area contributed by atoms with Gasteiger partial charge in [-0.05, 0) is 35.7 Å². The number of hydrogen-bond acceptors (Lipinski definition) is 4. The molecule has 0 unspecified atom stereocenters. The maximum absolute atomic E-state index is 12.2. The van der Waals surface area contributed by atoms with Gasteiger partial charge in [-0.2, -0.15) is 0 Å². The van der Waals surface area contributed by atoms with Crippen LogP contribution in [0.1, 0.15) is 40.9 Å². The lowest BCUT2D eigenvalue weighted by molar-refractivity contribution is 0.0953. The number of hydrogen-bond donors (Lipinski definition) is 2. The van der Waals surface area contributed by atoms with Gasteiger partial charge in [0.15, 0.2) is 0 Å². The largest absolute Gasteiger partial charge is 0.397 e. The van der Waals surface area contributed by atoms with Crippen molar-refractivity contribution in [1.29, 1.82) is 0 Å². The molecular formula is C27H32N4O. The van der Waals surface area contributed by atoms with Crippen LogP contribution in [0.3, 0.4) is 0 Å². The first kappa shape index (κ1) is 21.9. The monoisotopic (exact) mass is 428 g/mol. The number of nitrogen functional groups attached to an aromatic ring is 1. The molecule has 0 bridgehead atoms. The predicted molar refractivity (Wildman–Crippen MR) is 132 cm³/mol. The molecule has 3 aromatic rings. The minimum atomic E-state index is -0.0662. The van der Waals surface area contributed by atoms with E-state index in [1.807, 2.05) is 19.1 Å². The normalized spacial score (nSPS) is 14.5. The molecule has 1 heterocycles. The summed E-state index contributed by atoms with van der Waals surface area (Å²) >= 11 is 0. The Hall–Kier alpha value is -3.31. The lowest BCUT2D eigenvalue weighted by Gasteiger charge is -2.41. The van der Waals surface area contributed by atoms with E-state index < -0.39 is 0 Å². The smallest absolute Gasteiger partial charge is 0.251 e. The second-order valence-electron chi connectivity index (χ2n) is 8.28. The Balaban J connectivity index is 1.48. The van der Waals surface area contributed by atoms with Crippen molar-refractivity contribution in [2.45, 2.75) is 19.4 Å². The minimum absolute atomic E-state index is 0.0662. The van der Waals surface area contributed by atoms with Gasteiger partial charge in [-0.1, -0.05) is 67.6 Å². The first-order chi connectivity index (χ1) is 15.7. The van der Waals surface area contributed by atoms with E-state index in [9.17, 15) is 4.79 Å². The number of nitrogens with one attached hydrogen (secondary N) is 1. The summed E-state index contributed by atoms with van der Waals surface area (Å²) in [4.78, 5) is 17.1. The van der Waals surface area contributed by atoms with Gasteiger partial charge in [-0.15, -0.1) is 0 Å². The number of amides is 1. The highest BCUT2D eigenvalue weighted by atomic mass is 16.1. The fourth-order valence-electron chi connectivity index (χ4n) is 4.43. The summed E-state index contributed by atoms with van der Waals surface area (Å²) in [5.41, 5.74) is 11.3. The second kappa shape index (κ2) is 10.3. The van der Waals surface area contributed by atoms with Crippen LogP contribution in [-0.2, 0) is 0 Å². The van der Waals surface area contributed by atoms with Gasteiger partial charge < -0.3 is 16.0 Å². The Morgan fingerprint density at radius 3 is 2.03 bits per heavy atom. The molecule has 0 aromatic heterocycles. The Morgan fingerprint density at radius 1 is 0.906 bits per heavy atom. The SMILES string of the molecule is CCCNC(=O)c1ccc(N2CCN(C(c3ccccc3)c3ccccc3)CC2)c(N)c1. The van der Waals surface area contributed by atoms with Crippen molar-refractivity contribution in [3.05, 3.63) is 95.6 Å². The van der Waals surface area contributed by atoms with Gasteiger partial charge >= 0.3 is 0 Å². The van der Waals surface area contributed by atoms with Gasteiger partial charge in [0, 0.05) is 38.3 Å². The molecule has 3 N–H and O–H groups in total. The highest BCUT2D eigenvalue weighted by molar-refractivity contribution is 5.96. The van der Waals surface area contributed by atoms with Crippen molar-refractivity contribution in [2.24, 2.45) is 0 Å². The van der Waals surface area contributed by atoms with E-state index in [2.05, 4.69) is 75.8 Å². The molecule has 4 rings (SSSR count). The number of benzene rings is 3. The molecule has 5 nitrogen and oxygen atoms in total. The molecule has 0 radical (unpaired) electrons. The third-order valence-electron chi connectivity index (χ3n) is 6.08. The van der Waals surface area contributed by atoms with Crippen LogP contribution in [-0.4, -0.2) is 43.5 Å². The number of carbonyl (C=O) groups is 1. The fourth-order valence-corrected chi connectivity index (χ4v) is 4.43. The average Bonchev–Trinajstić information content (AvgIpc) is 2.84. The Labute approximate surface area is 190 Å². The quantitative estimate of drug-likeness (QED) is 0.550. The van der Waals surface area contributed by atoms with E-state index in [4.69, 9.17) is 5.73 Å². The molecule has 0 saturated carbocycles. The molecular weight excluding hydrogens is 396 g/mol. The van der Waals surface area contributed by atoms with Gasteiger partial charge in [-0.3, -0.25) is 9.69 Å². The third kappa shape index (κ3) is 4.94. The highest BCUT2D eigenvalue weighted by Crippen LogP contribution is 2.31. The summed E-state index contributed by atoms with van der Waals surface area (Å²) in [6, 6.07) is 27.3. The van der Waals surface area contributed by atoms with Gasteiger partial charge in [0.05, 0.1) is 17.4 Å². The van der Waals surface area contributed by atoms with Gasteiger partial charge in [-0.25, -0.2) is 0 Å². The van der Waals surface area contributed by atoms with Crippen LogP contribution in [0.4, 0.5) is 11.4 Å². The van der Waals surface area contributed by atoms with Crippen LogP contribution < -0.4 is 16.0 Å². The first-order valence-electron chi connectivity index (χ1n) is 11.4. The molecule has 0 atom stereocenters. The summed E-state index contributed by atoms with van der Waals surface area (Å²) in [5, 5.41) is 2.91. The molecule has 32 heavy (non-hydrogen) atoms. The molecule has 1 aliphatic heterocycles. The minimum Gasteiger partial charge on any atom is -0.397 e. The predicted octanol–water partition coefficient (Wildman–Crippen LogP) is 4.32. The molecule has 5 heteroatoms. The number of piperazine rings is 1. The van der Waals surface area contributed by atoms with Crippen LogP contribution in [0.25, 0.3) is 0 Å². The zero-order valence-corrected chi connectivity index (χ0v) is 18.7. The molecule has 0 aliphatic carbocycles. The maximum Gasteiger partial charge on any atom is 0.251 e. The van der Waals surface area contributed by atoms with E-state index in [1.165, 1.54) is 11.1 Å². The lowest BCUT2D eigenvalue weighted by atomic mass is 9.96. The summed E-state index contributed by atoms with van der Waals surface area (Å²) in [5.74, 6) is -0.0662. The van der Waals surface area contributed by atoms with Gasteiger partial charge in [0.25, 0.3) is 5.91 Å². The van der Waals surface area contributed by atoms with Crippen LogP contribution >= 0.6 is 0 Å². The van der Waals surface area contributed by atoms with Crippen molar-refractivity contribution in [1.82, 2.24) is 10.2 Å². The van der Waals surface area contributed by atoms with Crippen molar-refractivity contribution < 1.29 is 4.79 Å². The van der Waals surface area contributed by atoms with Crippen molar-refractivity contribution in [3.63, 3.8) is 0 Å². The number of carbonyl (C=O) groups excluding carboxylic acids is 1. The number of nitrogens with two attached hydrogens (primary N) is 1. The Kier molecular flexibility index (Phi) is 7.07. The van der Waals surface area contributed by atoms with E-state index in [0.29, 0.717) is 17.8 Å². The topological polar surface area (TPSA) is 61.6 Å². The first-order valence-corrected chi connectivity index (χ1v) is 11.4. The maximum atomic E-state index is 12.2. The number of nitrogens with zero attached hydrogens (tertiary/aromatic N) is 2. The third-order valence-corrected chi connectivity index (χ3v) is 6.08. The zero-order chi connectivity index (χ0) is 22.3. The lowest BCUT2D eigenvalue weighted by Crippen LogP contribution is -2.48. The Bertz CT molecular complexity index is 975. The van der Waals surface area contributed by atoms with Crippen molar-refractivity contribution in [3.8, 4) is 0 Å². The molecule has 1 fully saturated rings. The molecule has 3 aromatic carbocycles. The van der Waals surface area contributed by atoms with Gasteiger partial charge in [0.1, 0.15) is 0 Å². The van der Waals surface area contributed by atoms with E-state index in [-0.39, 0.29) is 11.9 Å². The van der Waals surface area contributed by atoms with E-state index >= 15 is 0 Å². The second-order valence-corrected chi connectivity index (χ2v) is 8.28. The number of rotatable bonds is 7. The standard InChI is InChI=1S/C27H32N4O/c1-2-15-29-27(32)23-13-14-25(24(28)20-23)30-16-18-31(19-17-30)26(21-9-5-3-6-10-21)22-11-7-4-8-12-22/h3-14,20,26H,2,15-19,28H2,1H3,(H,29,32).